The van der Waals surface area contributed by atoms with Crippen LogP contribution in [0.2, 0.25) is 5.15 Å². The van der Waals surface area contributed by atoms with Crippen LogP contribution in [-0.4, -0.2) is 53.0 Å². The van der Waals surface area contributed by atoms with E-state index in [2.05, 4.69) is 19.9 Å². The van der Waals surface area contributed by atoms with Crippen molar-refractivity contribution in [3.8, 4) is 5.75 Å². The fourth-order valence-electron chi connectivity index (χ4n) is 3.46. The normalized spacial score (nSPS) is 21.3. The topological polar surface area (TPSA) is 80.6 Å². The summed E-state index contributed by atoms with van der Waals surface area (Å²) in [7, 11) is 1.74. The van der Waals surface area contributed by atoms with E-state index < -0.39 is 0 Å². The smallest absolute Gasteiger partial charge is 0.175 e. The summed E-state index contributed by atoms with van der Waals surface area (Å²) >= 11 is 7.35. The summed E-state index contributed by atoms with van der Waals surface area (Å²) < 4.78 is 11.4. The summed E-state index contributed by atoms with van der Waals surface area (Å²) in [4.78, 5) is 16.2. The Morgan fingerprint density at radius 2 is 2.35 bits per heavy atom. The Bertz CT molecular complexity index is 810. The van der Waals surface area contributed by atoms with E-state index in [-0.39, 0.29) is 11.8 Å². The van der Waals surface area contributed by atoms with Gasteiger partial charge in [-0.25, -0.2) is 15.0 Å². The average Bonchev–Trinajstić information content (AvgIpc) is 3.07. The standard InChI is InChI=1S/C17H19ClN4O3S/c1-24-8-10-4-11-9-25-15-13(2-3-19-17(15)22(11)6-10)26-14-5-20-16(18)12(7-23)21-14/h2-3,5,10-11,23H,4,6-9H2,1H3/t10-,11-/m0/s1. The highest BCUT2D eigenvalue weighted by molar-refractivity contribution is 7.99. The Kier molecular flexibility index (Phi) is 5.17. The molecule has 0 amide bonds. The molecule has 0 radical (unpaired) electrons. The molecule has 0 aromatic carbocycles. The van der Waals surface area contributed by atoms with E-state index in [1.807, 2.05) is 6.07 Å². The molecule has 0 bridgehead atoms. The fourth-order valence-corrected chi connectivity index (χ4v) is 4.47. The Balaban J connectivity index is 1.60. The summed E-state index contributed by atoms with van der Waals surface area (Å²) in [5.41, 5.74) is 0.363. The maximum Gasteiger partial charge on any atom is 0.175 e. The van der Waals surface area contributed by atoms with E-state index in [9.17, 15) is 5.11 Å². The molecule has 0 aliphatic carbocycles. The molecule has 4 rings (SSSR count). The van der Waals surface area contributed by atoms with Gasteiger partial charge in [0.2, 0.25) is 0 Å². The lowest BCUT2D eigenvalue weighted by molar-refractivity contribution is 0.157. The Hall–Kier alpha value is -1.61. The van der Waals surface area contributed by atoms with Crippen molar-refractivity contribution in [1.29, 1.82) is 0 Å². The van der Waals surface area contributed by atoms with Crippen molar-refractivity contribution in [1.82, 2.24) is 15.0 Å². The van der Waals surface area contributed by atoms with Crippen LogP contribution in [0.15, 0.2) is 28.4 Å². The lowest BCUT2D eigenvalue weighted by Crippen LogP contribution is -2.39. The molecule has 9 heteroatoms. The van der Waals surface area contributed by atoms with E-state index in [4.69, 9.17) is 21.1 Å². The number of rotatable bonds is 5. The minimum atomic E-state index is -0.248. The third kappa shape index (κ3) is 3.34. The lowest BCUT2D eigenvalue weighted by Gasteiger charge is -2.33. The number of aliphatic hydroxyl groups excluding tert-OH is 1. The van der Waals surface area contributed by atoms with Gasteiger partial charge in [0.15, 0.2) is 16.7 Å². The first kappa shape index (κ1) is 17.8. The number of pyridine rings is 1. The molecule has 0 unspecified atom stereocenters. The molecule has 0 saturated carbocycles. The largest absolute Gasteiger partial charge is 0.486 e. The van der Waals surface area contributed by atoms with Crippen LogP contribution in [0.1, 0.15) is 12.1 Å². The molecule has 7 nitrogen and oxygen atoms in total. The first-order valence-electron chi connectivity index (χ1n) is 8.37. The zero-order valence-electron chi connectivity index (χ0n) is 14.3. The highest BCUT2D eigenvalue weighted by Gasteiger charge is 2.38. The first-order valence-corrected chi connectivity index (χ1v) is 9.56. The van der Waals surface area contributed by atoms with Crippen molar-refractivity contribution in [2.45, 2.75) is 29.0 Å². The lowest BCUT2D eigenvalue weighted by atomic mass is 10.1. The number of halogens is 1. The van der Waals surface area contributed by atoms with Gasteiger partial charge in [0, 0.05) is 25.8 Å². The number of anilines is 1. The van der Waals surface area contributed by atoms with Gasteiger partial charge in [-0.2, -0.15) is 0 Å². The van der Waals surface area contributed by atoms with Crippen LogP contribution in [0.25, 0.3) is 0 Å². The second-order valence-electron chi connectivity index (χ2n) is 6.34. The minimum absolute atomic E-state index is 0.217. The van der Waals surface area contributed by atoms with E-state index >= 15 is 0 Å². The molecule has 2 aliphatic heterocycles. The van der Waals surface area contributed by atoms with Crippen molar-refractivity contribution >= 4 is 29.2 Å². The van der Waals surface area contributed by atoms with E-state index in [1.54, 1.807) is 19.5 Å². The third-order valence-corrected chi connectivity index (χ3v) is 5.84. The van der Waals surface area contributed by atoms with Gasteiger partial charge in [-0.1, -0.05) is 23.4 Å². The van der Waals surface area contributed by atoms with Gasteiger partial charge in [-0.3, -0.25) is 0 Å². The number of aliphatic hydroxyl groups is 1. The number of fused-ring (bicyclic) bond motifs is 3. The van der Waals surface area contributed by atoms with Crippen LogP contribution in [0.4, 0.5) is 5.82 Å². The number of hydrogen-bond donors (Lipinski definition) is 1. The number of hydrogen-bond acceptors (Lipinski definition) is 8. The molecule has 2 atom stereocenters. The Morgan fingerprint density at radius 1 is 1.46 bits per heavy atom. The van der Waals surface area contributed by atoms with Crippen LogP contribution < -0.4 is 9.64 Å². The van der Waals surface area contributed by atoms with Gasteiger partial charge >= 0.3 is 0 Å². The highest BCUT2D eigenvalue weighted by Crippen LogP contribution is 2.44. The zero-order valence-corrected chi connectivity index (χ0v) is 15.8. The highest BCUT2D eigenvalue weighted by atomic mass is 35.5. The van der Waals surface area contributed by atoms with E-state index in [1.165, 1.54) is 11.8 Å². The van der Waals surface area contributed by atoms with Crippen LogP contribution in [-0.2, 0) is 11.3 Å². The van der Waals surface area contributed by atoms with Gasteiger partial charge < -0.3 is 19.5 Å². The predicted molar refractivity (Wildman–Crippen MR) is 97.9 cm³/mol. The molecule has 1 saturated heterocycles. The van der Waals surface area contributed by atoms with Crippen molar-refractivity contribution in [3.63, 3.8) is 0 Å². The maximum atomic E-state index is 9.32. The molecular weight excluding hydrogens is 376 g/mol. The molecule has 1 fully saturated rings. The summed E-state index contributed by atoms with van der Waals surface area (Å²) in [6, 6.07) is 2.24. The Morgan fingerprint density at radius 3 is 3.15 bits per heavy atom. The van der Waals surface area contributed by atoms with Crippen LogP contribution in [0.5, 0.6) is 5.75 Å². The summed E-state index contributed by atoms with van der Waals surface area (Å²) in [5.74, 6) is 2.13. The molecule has 26 heavy (non-hydrogen) atoms. The number of methoxy groups -OCH3 is 1. The molecule has 2 aromatic heterocycles. The molecule has 2 aromatic rings. The first-order chi connectivity index (χ1) is 12.7. The summed E-state index contributed by atoms with van der Waals surface area (Å²) in [6.07, 6.45) is 4.43. The van der Waals surface area contributed by atoms with Gasteiger partial charge in [-0.15, -0.1) is 0 Å². The predicted octanol–water partition coefficient (Wildman–Crippen LogP) is 2.40. The van der Waals surface area contributed by atoms with Crippen molar-refractivity contribution < 1.29 is 14.6 Å². The van der Waals surface area contributed by atoms with E-state index in [0.717, 1.165) is 36.0 Å². The average molecular weight is 395 g/mol. The van der Waals surface area contributed by atoms with Gasteiger partial charge in [-0.05, 0) is 12.5 Å². The zero-order chi connectivity index (χ0) is 18.1. The Labute approximate surface area is 160 Å². The van der Waals surface area contributed by atoms with Crippen LogP contribution in [0.3, 0.4) is 0 Å². The maximum absolute atomic E-state index is 9.32. The SMILES string of the molecule is COC[C@H]1C[C@H]2COc3c(Sc4cnc(Cl)c(CO)n4)ccnc3N2C1. The van der Waals surface area contributed by atoms with Crippen molar-refractivity contribution in [2.75, 3.05) is 31.8 Å². The van der Waals surface area contributed by atoms with Crippen molar-refractivity contribution in [3.05, 3.63) is 29.3 Å². The van der Waals surface area contributed by atoms with Crippen LogP contribution in [0, 0.1) is 5.92 Å². The molecule has 138 valence electrons. The summed E-state index contributed by atoms with van der Waals surface area (Å²) in [6.45, 7) is 2.06. The molecule has 2 aliphatic rings. The quantitative estimate of drug-likeness (QED) is 0.828. The number of aromatic nitrogens is 3. The van der Waals surface area contributed by atoms with Gasteiger partial charge in [0.05, 0.1) is 30.3 Å². The number of nitrogens with zero attached hydrogens (tertiary/aromatic N) is 4. The molecule has 4 heterocycles. The minimum Gasteiger partial charge on any atom is -0.486 e. The fraction of sp³-hybridized carbons (Fsp3) is 0.471. The monoisotopic (exact) mass is 394 g/mol. The van der Waals surface area contributed by atoms with Gasteiger partial charge in [0.1, 0.15) is 17.3 Å². The number of ether oxygens (including phenoxy) is 2. The second kappa shape index (κ2) is 7.56. The molecule has 0 spiro atoms. The summed E-state index contributed by atoms with van der Waals surface area (Å²) in [5, 5.41) is 10.2. The van der Waals surface area contributed by atoms with Crippen molar-refractivity contribution in [2.24, 2.45) is 5.92 Å². The molecule has 1 N–H and O–H groups in total. The second-order valence-corrected chi connectivity index (χ2v) is 7.76. The van der Waals surface area contributed by atoms with E-state index in [0.29, 0.717) is 29.3 Å². The molecular formula is C17H19ClN4O3S. The third-order valence-electron chi connectivity index (χ3n) is 4.58. The van der Waals surface area contributed by atoms with Crippen LogP contribution >= 0.6 is 23.4 Å². The van der Waals surface area contributed by atoms with Gasteiger partial charge in [0.25, 0.3) is 0 Å².